The minimum absolute atomic E-state index is 0.118. The largest absolute Gasteiger partial charge is 0.507 e. The number of phenols is 1. The first-order valence-electron chi connectivity index (χ1n) is 9.78. The van der Waals surface area contributed by atoms with Crippen molar-refractivity contribution in [2.75, 3.05) is 0 Å². The van der Waals surface area contributed by atoms with Crippen molar-refractivity contribution >= 4 is 20.1 Å². The summed E-state index contributed by atoms with van der Waals surface area (Å²) in [6, 6.07) is 16.6. The molecule has 0 aliphatic heterocycles. The van der Waals surface area contributed by atoms with Gasteiger partial charge in [0.2, 0.25) is 0 Å². The van der Waals surface area contributed by atoms with Crippen LogP contribution < -0.4 is 5.30 Å². The molecule has 0 amide bonds. The quantitative estimate of drug-likeness (QED) is 0.406. The molecule has 2 atom stereocenters. The van der Waals surface area contributed by atoms with Gasteiger partial charge in [0.15, 0.2) is 0 Å². The highest BCUT2D eigenvalue weighted by Crippen LogP contribution is 2.49. The Bertz CT molecular complexity index is 963. The summed E-state index contributed by atoms with van der Waals surface area (Å²) in [4.78, 5) is 0. The van der Waals surface area contributed by atoms with Crippen LogP contribution in [0.25, 0.3) is 0 Å². The highest BCUT2D eigenvalue weighted by molar-refractivity contribution is 7.48. The van der Waals surface area contributed by atoms with E-state index in [-0.39, 0.29) is 5.16 Å². The highest BCUT2D eigenvalue weighted by atomic mass is 31.1. The second kappa shape index (κ2) is 8.75. The average molecular weight is 392 g/mol. The minimum atomic E-state index is -0.118. The molecule has 0 saturated carbocycles. The van der Waals surface area contributed by atoms with Gasteiger partial charge < -0.3 is 5.11 Å². The third-order valence-corrected chi connectivity index (χ3v) is 6.88. The van der Waals surface area contributed by atoms with Crippen molar-refractivity contribution in [2.24, 2.45) is 5.10 Å². The van der Waals surface area contributed by atoms with Crippen LogP contribution >= 0.6 is 8.58 Å². The van der Waals surface area contributed by atoms with Crippen LogP contribution in [-0.4, -0.2) is 16.0 Å². The first-order valence-corrected chi connectivity index (χ1v) is 10.8. The number of benzene rings is 2. The molecule has 1 N–H and O–H groups in total. The third-order valence-electron chi connectivity index (χ3n) is 5.08. The monoisotopic (exact) mass is 392 g/mol. The molecule has 3 nitrogen and oxygen atoms in total. The van der Waals surface area contributed by atoms with Crippen LogP contribution in [0.2, 0.25) is 0 Å². The number of aromatic nitrogens is 1. The lowest BCUT2D eigenvalue weighted by Gasteiger charge is -2.32. The summed E-state index contributed by atoms with van der Waals surface area (Å²) in [5, 5.41) is 16.5. The Labute approximate surface area is 169 Å². The molecule has 2 aromatic carbocycles. The van der Waals surface area contributed by atoms with Crippen molar-refractivity contribution in [3.63, 3.8) is 0 Å². The maximum Gasteiger partial charge on any atom is 0.122 e. The van der Waals surface area contributed by atoms with E-state index in [4.69, 9.17) is 0 Å². The molecule has 2 unspecified atom stereocenters. The Hall–Kier alpha value is -2.38. The molecule has 4 heteroatoms. The van der Waals surface area contributed by atoms with E-state index in [1.54, 1.807) is 4.68 Å². The predicted molar refractivity (Wildman–Crippen MR) is 122 cm³/mol. The van der Waals surface area contributed by atoms with Crippen molar-refractivity contribution in [3.05, 3.63) is 83.2 Å². The van der Waals surface area contributed by atoms with Gasteiger partial charge in [0, 0.05) is 28.7 Å². The van der Waals surface area contributed by atoms with E-state index in [0.717, 1.165) is 29.5 Å². The van der Waals surface area contributed by atoms with E-state index in [2.05, 4.69) is 56.2 Å². The molecular weight excluding hydrogens is 363 g/mol. The minimum Gasteiger partial charge on any atom is -0.507 e. The van der Waals surface area contributed by atoms with E-state index in [1.165, 1.54) is 10.9 Å². The third kappa shape index (κ3) is 4.54. The fourth-order valence-corrected chi connectivity index (χ4v) is 5.46. The molecule has 0 bridgehead atoms. The molecular formula is C24H29N2OP. The molecule has 0 aliphatic carbocycles. The standard InChI is InChI=1S/C24H29N2OP/c1-5-12-24(4,21-16-18(2)15-19(3)23(21)27)28-22-11-7-6-10-20(22)17-25-26-13-8-9-14-26/h6-11,13-17,27-28H,5,12H2,1-4H3/b25-17+. The first kappa shape index (κ1) is 20.4. The Balaban J connectivity index is 2.00. The van der Waals surface area contributed by atoms with Crippen LogP contribution in [0.1, 0.15) is 48.9 Å². The van der Waals surface area contributed by atoms with Gasteiger partial charge in [-0.1, -0.05) is 70.8 Å². The van der Waals surface area contributed by atoms with Crippen LogP contribution in [0.5, 0.6) is 5.75 Å². The Morgan fingerprint density at radius 1 is 1.11 bits per heavy atom. The van der Waals surface area contributed by atoms with Crippen molar-refractivity contribution < 1.29 is 5.11 Å². The van der Waals surface area contributed by atoms with E-state index < -0.39 is 0 Å². The summed E-state index contributed by atoms with van der Waals surface area (Å²) in [5.41, 5.74) is 4.33. The number of rotatable bonds is 7. The summed E-state index contributed by atoms with van der Waals surface area (Å²) in [6.45, 7) is 8.58. The van der Waals surface area contributed by atoms with Crippen molar-refractivity contribution in [2.45, 2.75) is 45.7 Å². The fraction of sp³-hybridized carbons (Fsp3) is 0.292. The maximum absolute atomic E-state index is 10.8. The predicted octanol–water partition coefficient (Wildman–Crippen LogP) is 5.71. The molecule has 1 heterocycles. The second-order valence-electron chi connectivity index (χ2n) is 7.58. The van der Waals surface area contributed by atoms with Gasteiger partial charge in [-0.3, -0.25) is 0 Å². The average Bonchev–Trinajstić information content (AvgIpc) is 3.17. The van der Waals surface area contributed by atoms with Crippen LogP contribution in [0.4, 0.5) is 0 Å². The number of hydrogen-bond acceptors (Lipinski definition) is 2. The zero-order valence-corrected chi connectivity index (χ0v) is 18.1. The molecule has 0 spiro atoms. The van der Waals surface area contributed by atoms with E-state index in [9.17, 15) is 5.11 Å². The first-order chi connectivity index (χ1) is 13.4. The van der Waals surface area contributed by atoms with E-state index >= 15 is 0 Å². The Kier molecular flexibility index (Phi) is 6.36. The molecule has 146 valence electrons. The Morgan fingerprint density at radius 2 is 1.82 bits per heavy atom. The van der Waals surface area contributed by atoms with Gasteiger partial charge in [0.25, 0.3) is 0 Å². The lowest BCUT2D eigenvalue weighted by Crippen LogP contribution is -2.21. The maximum atomic E-state index is 10.8. The van der Waals surface area contributed by atoms with E-state index in [0.29, 0.717) is 14.3 Å². The summed E-state index contributed by atoms with van der Waals surface area (Å²) >= 11 is 0. The lowest BCUT2D eigenvalue weighted by atomic mass is 9.91. The molecule has 3 rings (SSSR count). The van der Waals surface area contributed by atoms with Gasteiger partial charge in [-0.2, -0.15) is 5.10 Å². The number of hydrogen-bond donors (Lipinski definition) is 1. The normalized spacial score (nSPS) is 14.1. The van der Waals surface area contributed by atoms with Crippen molar-refractivity contribution in [3.8, 4) is 5.75 Å². The van der Waals surface area contributed by atoms with Crippen molar-refractivity contribution in [1.29, 1.82) is 0 Å². The zero-order chi connectivity index (χ0) is 20.1. The van der Waals surface area contributed by atoms with Crippen LogP contribution in [-0.2, 0) is 5.16 Å². The topological polar surface area (TPSA) is 37.5 Å². The highest BCUT2D eigenvalue weighted by Gasteiger charge is 2.30. The van der Waals surface area contributed by atoms with Gasteiger partial charge in [-0.15, -0.1) is 0 Å². The molecule has 0 aliphatic rings. The molecule has 3 aromatic rings. The summed E-state index contributed by atoms with van der Waals surface area (Å²) in [5.74, 6) is 0.438. The lowest BCUT2D eigenvalue weighted by molar-refractivity contribution is 0.449. The van der Waals surface area contributed by atoms with Gasteiger partial charge in [-0.05, 0) is 43.3 Å². The van der Waals surface area contributed by atoms with Gasteiger partial charge >= 0.3 is 0 Å². The van der Waals surface area contributed by atoms with Gasteiger partial charge in [-0.25, -0.2) is 4.68 Å². The Morgan fingerprint density at radius 3 is 2.54 bits per heavy atom. The van der Waals surface area contributed by atoms with E-state index in [1.807, 2.05) is 43.7 Å². The smallest absolute Gasteiger partial charge is 0.122 e. The number of aryl methyl sites for hydroxylation is 2. The molecule has 0 fully saturated rings. The van der Waals surface area contributed by atoms with Gasteiger partial charge in [0.05, 0.1) is 6.21 Å². The van der Waals surface area contributed by atoms with Crippen molar-refractivity contribution in [1.82, 2.24) is 4.68 Å². The molecule has 1 aromatic heterocycles. The fourth-order valence-electron chi connectivity index (χ4n) is 3.70. The van der Waals surface area contributed by atoms with Crippen LogP contribution in [0.15, 0.2) is 66.0 Å². The van der Waals surface area contributed by atoms with Crippen LogP contribution in [0.3, 0.4) is 0 Å². The molecule has 0 saturated heterocycles. The molecule has 28 heavy (non-hydrogen) atoms. The van der Waals surface area contributed by atoms with Gasteiger partial charge in [0.1, 0.15) is 5.75 Å². The summed E-state index contributed by atoms with van der Waals surface area (Å²) in [6.07, 6.45) is 7.86. The molecule has 0 radical (unpaired) electrons. The number of aromatic hydroxyl groups is 1. The second-order valence-corrected chi connectivity index (χ2v) is 9.47. The zero-order valence-electron chi connectivity index (χ0n) is 17.1. The number of phenolic OH excluding ortho intramolecular Hbond substituents is 1. The summed E-state index contributed by atoms with van der Waals surface area (Å²) in [7, 11) is 0.535. The summed E-state index contributed by atoms with van der Waals surface area (Å²) < 4.78 is 1.81. The SMILES string of the molecule is CCCC(C)(Pc1ccccc1/C=N/n1cccc1)c1cc(C)cc(C)c1O. The van der Waals surface area contributed by atoms with Crippen LogP contribution in [0, 0.1) is 13.8 Å². The number of nitrogens with zero attached hydrogens (tertiary/aromatic N) is 2.